The van der Waals surface area contributed by atoms with E-state index in [-0.39, 0.29) is 5.92 Å². The minimum Gasteiger partial charge on any atom is -0.458 e. The number of furan rings is 1. The summed E-state index contributed by atoms with van der Waals surface area (Å²) in [4.78, 5) is 0. The highest BCUT2D eigenvalue weighted by molar-refractivity contribution is 5.77. The quantitative estimate of drug-likeness (QED) is 0.762. The summed E-state index contributed by atoms with van der Waals surface area (Å²) in [6.45, 7) is 0. The molecule has 1 aliphatic carbocycles. The third kappa shape index (κ3) is 1.84. The standard InChI is InChI=1S/C18H16O2/c19-18(15-9-12-5-1-2-6-13(12)10-15)17-11-14-7-3-4-8-16(14)20-17/h1-8,11,15,18-19H,9-10H2. The Morgan fingerprint density at radius 2 is 1.60 bits per heavy atom. The minimum absolute atomic E-state index is 0.216. The lowest BCUT2D eigenvalue weighted by Crippen LogP contribution is -2.12. The molecular weight excluding hydrogens is 248 g/mol. The molecule has 1 unspecified atom stereocenters. The fraction of sp³-hybridized carbons (Fsp3) is 0.222. The van der Waals surface area contributed by atoms with E-state index in [0.29, 0.717) is 5.76 Å². The molecule has 0 saturated heterocycles. The monoisotopic (exact) mass is 264 g/mol. The Morgan fingerprint density at radius 1 is 0.950 bits per heavy atom. The first-order valence-electron chi connectivity index (χ1n) is 7.04. The molecule has 0 bridgehead atoms. The highest BCUT2D eigenvalue weighted by Crippen LogP contribution is 2.36. The summed E-state index contributed by atoms with van der Waals surface area (Å²) in [5.41, 5.74) is 3.55. The van der Waals surface area contributed by atoms with Gasteiger partial charge in [0.15, 0.2) is 0 Å². The second kappa shape index (κ2) is 4.50. The van der Waals surface area contributed by atoms with Crippen LogP contribution in [0.5, 0.6) is 0 Å². The first-order chi connectivity index (χ1) is 9.81. The van der Waals surface area contributed by atoms with Crippen molar-refractivity contribution in [3.63, 3.8) is 0 Å². The van der Waals surface area contributed by atoms with Crippen molar-refractivity contribution in [3.8, 4) is 0 Å². The maximum atomic E-state index is 10.6. The Kier molecular flexibility index (Phi) is 2.64. The Hall–Kier alpha value is -2.06. The fourth-order valence-corrected chi connectivity index (χ4v) is 3.20. The Morgan fingerprint density at radius 3 is 2.30 bits per heavy atom. The first-order valence-corrected chi connectivity index (χ1v) is 7.04. The van der Waals surface area contributed by atoms with Crippen molar-refractivity contribution >= 4 is 11.0 Å². The number of rotatable bonds is 2. The average molecular weight is 264 g/mol. The first kappa shape index (κ1) is 11.7. The molecule has 100 valence electrons. The fourth-order valence-electron chi connectivity index (χ4n) is 3.20. The zero-order chi connectivity index (χ0) is 13.5. The summed E-state index contributed by atoms with van der Waals surface area (Å²) in [5, 5.41) is 11.7. The molecule has 0 amide bonds. The second-order valence-electron chi connectivity index (χ2n) is 5.57. The third-order valence-electron chi connectivity index (χ3n) is 4.27. The van der Waals surface area contributed by atoms with Crippen molar-refractivity contribution in [3.05, 3.63) is 71.5 Å². The van der Waals surface area contributed by atoms with Crippen LogP contribution in [0.25, 0.3) is 11.0 Å². The topological polar surface area (TPSA) is 33.4 Å². The number of aliphatic hydroxyl groups is 1. The van der Waals surface area contributed by atoms with E-state index < -0.39 is 6.10 Å². The maximum Gasteiger partial charge on any atom is 0.134 e. The molecule has 3 aromatic rings. The van der Waals surface area contributed by atoms with Crippen molar-refractivity contribution in [1.82, 2.24) is 0 Å². The number of hydrogen-bond acceptors (Lipinski definition) is 2. The average Bonchev–Trinajstić information content (AvgIpc) is 3.10. The molecule has 0 radical (unpaired) electrons. The molecule has 2 aromatic carbocycles. The molecule has 1 heterocycles. The summed E-state index contributed by atoms with van der Waals surface area (Å²) in [7, 11) is 0. The molecule has 2 nitrogen and oxygen atoms in total. The van der Waals surface area contributed by atoms with Gasteiger partial charge in [0.25, 0.3) is 0 Å². The van der Waals surface area contributed by atoms with E-state index in [0.717, 1.165) is 23.8 Å². The van der Waals surface area contributed by atoms with Gasteiger partial charge in [-0.05, 0) is 36.1 Å². The lowest BCUT2D eigenvalue weighted by molar-refractivity contribution is 0.0921. The highest BCUT2D eigenvalue weighted by Gasteiger charge is 2.30. The van der Waals surface area contributed by atoms with Crippen molar-refractivity contribution in [1.29, 1.82) is 0 Å². The molecule has 1 N–H and O–H groups in total. The van der Waals surface area contributed by atoms with Gasteiger partial charge in [-0.25, -0.2) is 0 Å². The molecule has 2 heteroatoms. The smallest absolute Gasteiger partial charge is 0.134 e. The van der Waals surface area contributed by atoms with Crippen molar-refractivity contribution in [2.75, 3.05) is 0 Å². The zero-order valence-corrected chi connectivity index (χ0v) is 11.1. The molecule has 4 rings (SSSR count). The predicted octanol–water partition coefficient (Wildman–Crippen LogP) is 3.88. The Labute approximate surface area is 117 Å². The van der Waals surface area contributed by atoms with E-state index in [2.05, 4.69) is 24.3 Å². The van der Waals surface area contributed by atoms with Crippen LogP contribution in [0.2, 0.25) is 0 Å². The third-order valence-corrected chi connectivity index (χ3v) is 4.27. The minimum atomic E-state index is -0.533. The van der Waals surface area contributed by atoms with Crippen LogP contribution < -0.4 is 0 Å². The van der Waals surface area contributed by atoms with Crippen LogP contribution in [0, 0.1) is 5.92 Å². The van der Waals surface area contributed by atoms with Gasteiger partial charge in [-0.3, -0.25) is 0 Å². The molecule has 20 heavy (non-hydrogen) atoms. The molecule has 1 aromatic heterocycles. The van der Waals surface area contributed by atoms with Gasteiger partial charge in [0.05, 0.1) is 0 Å². The van der Waals surface area contributed by atoms with Gasteiger partial charge in [-0.2, -0.15) is 0 Å². The van der Waals surface area contributed by atoms with Gasteiger partial charge in [0.1, 0.15) is 17.4 Å². The maximum absolute atomic E-state index is 10.6. The van der Waals surface area contributed by atoms with E-state index in [1.54, 1.807) is 0 Å². The second-order valence-corrected chi connectivity index (χ2v) is 5.57. The van der Waals surface area contributed by atoms with Crippen LogP contribution in [0.1, 0.15) is 23.0 Å². The molecule has 0 aliphatic heterocycles. The van der Waals surface area contributed by atoms with Gasteiger partial charge in [-0.15, -0.1) is 0 Å². The van der Waals surface area contributed by atoms with E-state index in [1.807, 2.05) is 30.3 Å². The summed E-state index contributed by atoms with van der Waals surface area (Å²) in [5.74, 6) is 0.900. The molecule has 0 saturated carbocycles. The molecule has 0 spiro atoms. The van der Waals surface area contributed by atoms with Crippen LogP contribution in [0.3, 0.4) is 0 Å². The van der Waals surface area contributed by atoms with Gasteiger partial charge in [-0.1, -0.05) is 42.5 Å². The van der Waals surface area contributed by atoms with E-state index >= 15 is 0 Å². The van der Waals surface area contributed by atoms with Gasteiger partial charge < -0.3 is 9.52 Å². The van der Waals surface area contributed by atoms with Crippen LogP contribution in [-0.4, -0.2) is 5.11 Å². The van der Waals surface area contributed by atoms with E-state index in [4.69, 9.17) is 4.42 Å². The summed E-state index contributed by atoms with van der Waals surface area (Å²) < 4.78 is 5.79. The van der Waals surface area contributed by atoms with Crippen molar-refractivity contribution < 1.29 is 9.52 Å². The lowest BCUT2D eigenvalue weighted by Gasteiger charge is -2.14. The molecule has 1 aliphatic rings. The van der Waals surface area contributed by atoms with Crippen LogP contribution in [0.15, 0.2) is 59.0 Å². The number of hydrogen-bond donors (Lipinski definition) is 1. The predicted molar refractivity (Wildman–Crippen MR) is 78.5 cm³/mol. The van der Waals surface area contributed by atoms with Gasteiger partial charge >= 0.3 is 0 Å². The van der Waals surface area contributed by atoms with Crippen LogP contribution in [0.4, 0.5) is 0 Å². The SMILES string of the molecule is OC(c1cc2ccccc2o1)C1Cc2ccccc2C1. The molecular formula is C18H16O2. The molecule has 0 fully saturated rings. The van der Waals surface area contributed by atoms with E-state index in [9.17, 15) is 5.11 Å². The van der Waals surface area contributed by atoms with Crippen LogP contribution >= 0.6 is 0 Å². The number of aliphatic hydroxyl groups excluding tert-OH is 1. The van der Waals surface area contributed by atoms with Crippen LogP contribution in [-0.2, 0) is 12.8 Å². The van der Waals surface area contributed by atoms with Crippen molar-refractivity contribution in [2.45, 2.75) is 18.9 Å². The lowest BCUT2D eigenvalue weighted by atomic mass is 9.97. The summed E-state index contributed by atoms with van der Waals surface area (Å²) in [6.07, 6.45) is 1.32. The zero-order valence-electron chi connectivity index (χ0n) is 11.1. The molecule has 1 atom stereocenters. The Balaban J connectivity index is 1.63. The van der Waals surface area contributed by atoms with Gasteiger partial charge in [0, 0.05) is 11.3 Å². The summed E-state index contributed by atoms with van der Waals surface area (Å²) >= 11 is 0. The van der Waals surface area contributed by atoms with E-state index in [1.165, 1.54) is 11.1 Å². The number of para-hydroxylation sites is 1. The van der Waals surface area contributed by atoms with Gasteiger partial charge in [0.2, 0.25) is 0 Å². The highest BCUT2D eigenvalue weighted by atomic mass is 16.4. The number of benzene rings is 2. The largest absolute Gasteiger partial charge is 0.458 e. The van der Waals surface area contributed by atoms with Crippen molar-refractivity contribution in [2.24, 2.45) is 5.92 Å². The Bertz CT molecular complexity index is 699. The normalized spacial score (nSPS) is 16.4. The summed E-state index contributed by atoms with van der Waals surface area (Å²) in [6, 6.07) is 18.3. The number of fused-ring (bicyclic) bond motifs is 2.